The summed E-state index contributed by atoms with van der Waals surface area (Å²) in [4.78, 5) is 40.3. The summed E-state index contributed by atoms with van der Waals surface area (Å²) in [6.07, 6.45) is -0.952. The monoisotopic (exact) mass is 425 g/mol. The van der Waals surface area contributed by atoms with E-state index in [2.05, 4.69) is 10.6 Å². The van der Waals surface area contributed by atoms with Crippen LogP contribution in [0.15, 0.2) is 46.8 Å². The van der Waals surface area contributed by atoms with Crippen LogP contribution in [0.3, 0.4) is 0 Å². The summed E-state index contributed by atoms with van der Waals surface area (Å²) < 4.78 is 11.1. The molecule has 1 aromatic rings. The molecule has 1 amide bonds. The van der Waals surface area contributed by atoms with Crippen LogP contribution in [0.2, 0.25) is 0 Å². The number of allylic oxidation sites excluding steroid dienone is 2. The lowest BCUT2D eigenvalue weighted by molar-refractivity contribution is -0.137. The zero-order valence-corrected chi connectivity index (χ0v) is 17.1. The molecule has 0 aromatic heterocycles. The Bertz CT molecular complexity index is 1080. The summed E-state index contributed by atoms with van der Waals surface area (Å²) in [7, 11) is 1.54. The maximum absolute atomic E-state index is 13.7. The first-order valence-corrected chi connectivity index (χ1v) is 9.97. The van der Waals surface area contributed by atoms with Gasteiger partial charge in [0.25, 0.3) is 0 Å². The fourth-order valence-electron chi connectivity index (χ4n) is 5.15. The van der Waals surface area contributed by atoms with Gasteiger partial charge in [-0.25, -0.2) is 4.79 Å². The number of carbonyl (C=O) groups excluding carboxylic acids is 3. The zero-order valence-electron chi connectivity index (χ0n) is 17.1. The Hall–Kier alpha value is -3.37. The summed E-state index contributed by atoms with van der Waals surface area (Å²) in [6.45, 7) is 1.98. The van der Waals surface area contributed by atoms with Crippen LogP contribution < -0.4 is 22.1 Å². The van der Waals surface area contributed by atoms with Gasteiger partial charge < -0.3 is 36.5 Å². The molecule has 0 radical (unpaired) electrons. The SMILES string of the molecule is COC12[C@@H]3N[C@@H]3CN1C1=C(C(=O)C(Nc3ccc(N)cc3)=C(C)C1=O)[C@@H]2COC(N)=O. The van der Waals surface area contributed by atoms with E-state index < -0.39 is 17.7 Å². The van der Waals surface area contributed by atoms with Gasteiger partial charge in [-0.05, 0) is 31.2 Å². The number of Topliss-reactive ketones (excluding diaryl/α,β-unsaturated/α-hetero) is 2. The molecule has 4 aliphatic rings. The van der Waals surface area contributed by atoms with Gasteiger partial charge in [-0.15, -0.1) is 0 Å². The summed E-state index contributed by atoms with van der Waals surface area (Å²) in [5.74, 6) is -1.25. The first kappa shape index (κ1) is 19.6. The number of amides is 1. The molecular weight excluding hydrogens is 402 g/mol. The third-order valence-electron chi connectivity index (χ3n) is 6.61. The first-order chi connectivity index (χ1) is 14.8. The predicted molar refractivity (Wildman–Crippen MR) is 110 cm³/mol. The number of methoxy groups -OCH3 is 1. The fourth-order valence-corrected chi connectivity index (χ4v) is 5.15. The maximum Gasteiger partial charge on any atom is 0.404 e. The number of piperazine rings is 1. The summed E-state index contributed by atoms with van der Waals surface area (Å²) >= 11 is 0. The molecule has 2 saturated heterocycles. The Morgan fingerprint density at radius 1 is 1.29 bits per heavy atom. The summed E-state index contributed by atoms with van der Waals surface area (Å²) in [6, 6.07) is 6.92. The maximum atomic E-state index is 13.7. The van der Waals surface area contributed by atoms with E-state index in [1.54, 1.807) is 31.2 Å². The molecule has 10 nitrogen and oxygen atoms in total. The van der Waals surface area contributed by atoms with E-state index in [0.717, 1.165) is 0 Å². The molecule has 0 spiro atoms. The lowest BCUT2D eigenvalue weighted by Gasteiger charge is -2.39. The van der Waals surface area contributed by atoms with Gasteiger partial charge in [-0.3, -0.25) is 9.59 Å². The molecule has 5 rings (SSSR count). The van der Waals surface area contributed by atoms with Crippen LogP contribution >= 0.6 is 0 Å². The molecule has 6 N–H and O–H groups in total. The van der Waals surface area contributed by atoms with Crippen molar-refractivity contribution in [3.63, 3.8) is 0 Å². The van der Waals surface area contributed by atoms with Gasteiger partial charge in [-0.1, -0.05) is 0 Å². The van der Waals surface area contributed by atoms with Crippen molar-refractivity contribution in [1.82, 2.24) is 10.2 Å². The second-order valence-electron chi connectivity index (χ2n) is 8.17. The van der Waals surface area contributed by atoms with E-state index in [9.17, 15) is 14.4 Å². The van der Waals surface area contributed by atoms with Gasteiger partial charge in [0.05, 0.1) is 23.4 Å². The molecule has 0 saturated carbocycles. The van der Waals surface area contributed by atoms with Crippen molar-refractivity contribution in [3.05, 3.63) is 46.8 Å². The number of ether oxygens (including phenoxy) is 2. The predicted octanol–water partition coefficient (Wildman–Crippen LogP) is 0.0844. The van der Waals surface area contributed by atoms with Crippen molar-refractivity contribution in [1.29, 1.82) is 0 Å². The van der Waals surface area contributed by atoms with Crippen LogP contribution in [0, 0.1) is 5.92 Å². The molecule has 1 aromatic carbocycles. The largest absolute Gasteiger partial charge is 0.449 e. The third kappa shape index (κ3) is 2.61. The Kier molecular flexibility index (Phi) is 4.15. The number of nitrogens with one attached hydrogen (secondary N) is 2. The average molecular weight is 425 g/mol. The molecule has 162 valence electrons. The average Bonchev–Trinajstić information content (AvgIpc) is 3.35. The molecule has 1 unspecified atom stereocenters. The van der Waals surface area contributed by atoms with Gasteiger partial charge >= 0.3 is 6.09 Å². The number of ketones is 2. The quantitative estimate of drug-likeness (QED) is 0.291. The highest BCUT2D eigenvalue weighted by Crippen LogP contribution is 2.55. The number of nitrogen functional groups attached to an aromatic ring is 1. The van der Waals surface area contributed by atoms with Gasteiger partial charge in [0.1, 0.15) is 6.61 Å². The smallest absolute Gasteiger partial charge is 0.404 e. The van der Waals surface area contributed by atoms with Crippen LogP contribution in [0.1, 0.15) is 6.92 Å². The number of hydrogen-bond acceptors (Lipinski definition) is 9. The molecule has 2 fully saturated rings. The lowest BCUT2D eigenvalue weighted by Crippen LogP contribution is -2.55. The van der Waals surface area contributed by atoms with Crippen LogP contribution in [0.4, 0.5) is 16.2 Å². The second-order valence-corrected chi connectivity index (χ2v) is 8.17. The van der Waals surface area contributed by atoms with Crippen molar-refractivity contribution in [2.75, 3.05) is 31.3 Å². The highest BCUT2D eigenvalue weighted by molar-refractivity contribution is 6.26. The molecule has 10 heteroatoms. The zero-order chi connectivity index (χ0) is 22.1. The van der Waals surface area contributed by atoms with E-state index in [-0.39, 0.29) is 41.5 Å². The number of rotatable bonds is 5. The number of hydrogen-bond donors (Lipinski definition) is 4. The topological polar surface area (TPSA) is 159 Å². The minimum atomic E-state index is -0.993. The van der Waals surface area contributed by atoms with Gasteiger partial charge in [0, 0.05) is 42.2 Å². The number of primary amides is 1. The molecule has 4 atom stereocenters. The normalized spacial score (nSPS) is 30.9. The van der Waals surface area contributed by atoms with Gasteiger partial charge in [0.15, 0.2) is 5.72 Å². The molecule has 31 heavy (non-hydrogen) atoms. The molecule has 3 heterocycles. The molecule has 0 bridgehead atoms. The van der Waals surface area contributed by atoms with E-state index in [4.69, 9.17) is 20.9 Å². The van der Waals surface area contributed by atoms with Crippen molar-refractivity contribution < 1.29 is 23.9 Å². The summed E-state index contributed by atoms with van der Waals surface area (Å²) in [5, 5.41) is 6.39. The van der Waals surface area contributed by atoms with Crippen molar-refractivity contribution in [3.8, 4) is 0 Å². The Balaban J connectivity index is 1.56. The summed E-state index contributed by atoms with van der Waals surface area (Å²) in [5.41, 5.74) is 12.3. The molecular formula is C21H23N5O5. The number of nitrogens with zero attached hydrogens (tertiary/aromatic N) is 1. The van der Waals surface area contributed by atoms with Crippen LogP contribution in [-0.2, 0) is 19.1 Å². The molecule has 3 aliphatic heterocycles. The van der Waals surface area contributed by atoms with Crippen LogP contribution in [0.25, 0.3) is 0 Å². The number of nitrogens with two attached hydrogens (primary N) is 2. The minimum Gasteiger partial charge on any atom is -0.449 e. The van der Waals surface area contributed by atoms with Crippen molar-refractivity contribution in [2.45, 2.75) is 24.7 Å². The highest BCUT2D eigenvalue weighted by atomic mass is 16.6. The number of benzene rings is 1. The van der Waals surface area contributed by atoms with Crippen LogP contribution in [0.5, 0.6) is 0 Å². The number of carbonyl (C=O) groups is 3. The number of anilines is 2. The van der Waals surface area contributed by atoms with E-state index in [1.807, 2.05) is 4.90 Å². The Morgan fingerprint density at radius 3 is 2.65 bits per heavy atom. The van der Waals surface area contributed by atoms with Crippen molar-refractivity contribution in [2.24, 2.45) is 11.7 Å². The first-order valence-electron chi connectivity index (χ1n) is 9.97. The lowest BCUT2D eigenvalue weighted by atomic mass is 9.82. The highest BCUT2D eigenvalue weighted by Gasteiger charge is 2.72. The van der Waals surface area contributed by atoms with Gasteiger partial charge in [-0.2, -0.15) is 0 Å². The Morgan fingerprint density at radius 2 is 2.00 bits per heavy atom. The fraction of sp³-hybridized carbons (Fsp3) is 0.381. The van der Waals surface area contributed by atoms with Crippen molar-refractivity contribution >= 4 is 29.0 Å². The van der Waals surface area contributed by atoms with Gasteiger partial charge in [0.2, 0.25) is 11.6 Å². The number of fused-ring (bicyclic) bond motifs is 4. The van der Waals surface area contributed by atoms with E-state index in [1.165, 1.54) is 7.11 Å². The molecule has 1 aliphatic carbocycles. The third-order valence-corrected chi connectivity index (χ3v) is 6.61. The van der Waals surface area contributed by atoms with E-state index in [0.29, 0.717) is 29.2 Å². The standard InChI is InChI=1S/C21H23N5O5/c1-9-15(24-11-5-3-10(22)4-6-11)18(28)14-12(8-31-20(23)29)21(30-2)19-13(25-19)7-26(21)16(14)17(9)27/h3-6,12-13,19,24-25H,7-8,22H2,1-2H3,(H2,23,29)/t12-,13+,19+,21?/m0/s1. The van der Waals surface area contributed by atoms with Crippen LogP contribution in [-0.4, -0.2) is 60.6 Å². The second kappa shape index (κ2) is 6.56. The minimum absolute atomic E-state index is 0.0843. The van der Waals surface area contributed by atoms with E-state index >= 15 is 0 Å². The Labute approximate surface area is 178 Å².